The molecule has 3 fully saturated rings. The Bertz CT molecular complexity index is 1050. The van der Waals surface area contributed by atoms with E-state index in [0.717, 1.165) is 56.7 Å². The van der Waals surface area contributed by atoms with Crippen molar-refractivity contribution in [2.24, 2.45) is 17.8 Å². The first kappa shape index (κ1) is 25.8. The zero-order valence-corrected chi connectivity index (χ0v) is 21.5. The molecule has 5 rings (SSSR count). The second kappa shape index (κ2) is 11.7. The van der Waals surface area contributed by atoms with Crippen molar-refractivity contribution in [3.63, 3.8) is 0 Å². The minimum absolute atomic E-state index is 0.172. The van der Waals surface area contributed by atoms with Crippen LogP contribution < -0.4 is 9.64 Å². The summed E-state index contributed by atoms with van der Waals surface area (Å²) in [5.74, 6) is 1.32. The Hall–Kier alpha value is -2.81. The van der Waals surface area contributed by atoms with E-state index in [0.29, 0.717) is 44.1 Å². The molecule has 2 saturated heterocycles. The Balaban J connectivity index is 1.04. The number of ether oxygens (including phenoxy) is 2. The first-order valence-corrected chi connectivity index (χ1v) is 13.4. The molecule has 0 bridgehead atoms. The summed E-state index contributed by atoms with van der Waals surface area (Å²) in [5, 5.41) is 0. The minimum Gasteiger partial charge on any atom is -0.493 e. The molecule has 200 valence electrons. The molecule has 1 aliphatic carbocycles. The number of piperidine rings is 1. The number of hydrogen-bond acceptors (Lipinski definition) is 6. The third-order valence-electron chi connectivity index (χ3n) is 8.07. The van der Waals surface area contributed by atoms with Crippen LogP contribution in [-0.2, 0) is 22.6 Å². The Morgan fingerprint density at radius 2 is 1.73 bits per heavy atom. The first-order chi connectivity index (χ1) is 18.0. The Morgan fingerprint density at radius 3 is 2.38 bits per heavy atom. The molecule has 3 aliphatic rings. The second-order valence-corrected chi connectivity index (χ2v) is 10.6. The van der Waals surface area contributed by atoms with Gasteiger partial charge in [0.2, 0.25) is 11.9 Å². The predicted octanol–water partition coefficient (Wildman–Crippen LogP) is 4.39. The zero-order chi connectivity index (χ0) is 25.8. The summed E-state index contributed by atoms with van der Waals surface area (Å²) in [6.07, 6.45) is 9.63. The monoisotopic (exact) mass is 514 g/mol. The van der Waals surface area contributed by atoms with Crippen LogP contribution in [0.25, 0.3) is 0 Å². The van der Waals surface area contributed by atoms with E-state index in [2.05, 4.69) is 14.9 Å². The highest BCUT2D eigenvalue weighted by Crippen LogP contribution is 2.49. The molecule has 0 unspecified atom stereocenters. The van der Waals surface area contributed by atoms with Gasteiger partial charge < -0.3 is 19.3 Å². The number of rotatable bonds is 10. The van der Waals surface area contributed by atoms with E-state index in [-0.39, 0.29) is 23.6 Å². The highest BCUT2D eigenvalue weighted by Gasteiger charge is 2.43. The maximum Gasteiger partial charge on any atom is 0.227 e. The van der Waals surface area contributed by atoms with Gasteiger partial charge in [-0.15, -0.1) is 0 Å². The molecule has 0 spiro atoms. The molecular formula is C28H36F2N4O3. The van der Waals surface area contributed by atoms with Gasteiger partial charge >= 0.3 is 0 Å². The van der Waals surface area contributed by atoms with Gasteiger partial charge in [0.15, 0.2) is 0 Å². The number of aromatic nitrogens is 2. The number of halogens is 2. The Kier molecular flexibility index (Phi) is 8.17. The fraction of sp³-hybridized carbons (Fsp3) is 0.607. The molecular weight excluding hydrogens is 478 g/mol. The minimum atomic E-state index is -0.712. The van der Waals surface area contributed by atoms with E-state index < -0.39 is 11.6 Å². The number of methoxy groups -OCH3 is 1. The van der Waals surface area contributed by atoms with Crippen LogP contribution in [0.5, 0.6) is 5.75 Å². The number of likely N-dealkylation sites (tertiary alicyclic amines) is 1. The van der Waals surface area contributed by atoms with Crippen LogP contribution in [0.15, 0.2) is 24.5 Å². The molecule has 2 aromatic rings. The lowest BCUT2D eigenvalue weighted by Gasteiger charge is -2.32. The summed E-state index contributed by atoms with van der Waals surface area (Å²) >= 11 is 0. The second-order valence-electron chi connectivity index (χ2n) is 10.6. The van der Waals surface area contributed by atoms with Gasteiger partial charge in [0.25, 0.3) is 0 Å². The Labute approximate surface area is 217 Å². The third-order valence-corrected chi connectivity index (χ3v) is 8.07. The highest BCUT2D eigenvalue weighted by atomic mass is 19.1. The van der Waals surface area contributed by atoms with Crippen LogP contribution in [0.4, 0.5) is 14.7 Å². The van der Waals surface area contributed by atoms with Gasteiger partial charge in [-0.25, -0.2) is 18.7 Å². The Morgan fingerprint density at radius 1 is 1.05 bits per heavy atom. The van der Waals surface area contributed by atoms with Gasteiger partial charge in [-0.05, 0) is 56.3 Å². The standard InChI is InChI=1S/C28H36F2N4O3/c1-36-18-19-16-31-28(32-17-19)34-9-4-20(5-10-34)23-12-21(23)6-11-37-22-13-25(29)24(26(30)14-22)15-27(35)33-7-2-3-8-33/h13-14,16-17,20-21,23H,2-12,15,18H2,1H3/t21-,23-/m1/s1. The number of anilines is 1. The van der Waals surface area contributed by atoms with Crippen molar-refractivity contribution in [1.29, 1.82) is 0 Å². The lowest BCUT2D eigenvalue weighted by atomic mass is 9.90. The summed E-state index contributed by atoms with van der Waals surface area (Å²) in [6, 6.07) is 2.42. The molecule has 9 heteroatoms. The molecule has 2 aliphatic heterocycles. The van der Waals surface area contributed by atoms with Gasteiger partial charge in [-0.2, -0.15) is 0 Å². The van der Waals surface area contributed by atoms with Crippen molar-refractivity contribution >= 4 is 11.9 Å². The maximum atomic E-state index is 14.6. The van der Waals surface area contributed by atoms with E-state index in [4.69, 9.17) is 9.47 Å². The van der Waals surface area contributed by atoms with Gasteiger partial charge in [0.1, 0.15) is 17.4 Å². The van der Waals surface area contributed by atoms with Gasteiger partial charge in [-0.1, -0.05) is 0 Å². The lowest BCUT2D eigenvalue weighted by molar-refractivity contribution is -0.129. The molecule has 1 amide bonds. The van der Waals surface area contributed by atoms with Crippen LogP contribution in [0.1, 0.15) is 49.7 Å². The molecule has 0 radical (unpaired) electrons. The number of benzene rings is 1. The summed E-state index contributed by atoms with van der Waals surface area (Å²) in [6.45, 7) is 4.21. The van der Waals surface area contributed by atoms with E-state index >= 15 is 0 Å². The van der Waals surface area contributed by atoms with Crippen molar-refractivity contribution in [1.82, 2.24) is 14.9 Å². The number of amides is 1. The van der Waals surface area contributed by atoms with Gasteiger partial charge in [0, 0.05) is 68.9 Å². The van der Waals surface area contributed by atoms with Gasteiger partial charge in [-0.3, -0.25) is 4.79 Å². The quantitative estimate of drug-likeness (QED) is 0.469. The first-order valence-electron chi connectivity index (χ1n) is 13.4. The van der Waals surface area contributed by atoms with Crippen molar-refractivity contribution in [3.05, 3.63) is 47.3 Å². The van der Waals surface area contributed by atoms with Crippen molar-refractivity contribution in [3.8, 4) is 5.75 Å². The zero-order valence-electron chi connectivity index (χ0n) is 21.5. The largest absolute Gasteiger partial charge is 0.493 e. The topological polar surface area (TPSA) is 67.8 Å². The number of carbonyl (C=O) groups excluding carboxylic acids is 1. The maximum absolute atomic E-state index is 14.6. The SMILES string of the molecule is COCc1cnc(N2CCC([C@H]3C[C@H]3CCOc3cc(F)c(CC(=O)N4CCCC4)c(F)c3)CC2)nc1. The average molecular weight is 515 g/mol. The van der Waals surface area contributed by atoms with E-state index in [1.54, 1.807) is 12.0 Å². The van der Waals surface area contributed by atoms with Crippen molar-refractivity contribution in [2.45, 2.75) is 51.6 Å². The van der Waals surface area contributed by atoms with Crippen molar-refractivity contribution < 1.29 is 23.0 Å². The van der Waals surface area contributed by atoms with Crippen molar-refractivity contribution in [2.75, 3.05) is 44.8 Å². The molecule has 3 heterocycles. The van der Waals surface area contributed by atoms with Crippen LogP contribution in [-0.4, -0.2) is 60.7 Å². The van der Waals surface area contributed by atoms with Crippen LogP contribution in [0.3, 0.4) is 0 Å². The average Bonchev–Trinajstić information content (AvgIpc) is 3.45. The molecule has 0 N–H and O–H groups in total. The van der Waals surface area contributed by atoms with Gasteiger partial charge in [0.05, 0.1) is 19.6 Å². The van der Waals surface area contributed by atoms with E-state index in [1.807, 2.05) is 12.4 Å². The number of carbonyl (C=O) groups is 1. The smallest absolute Gasteiger partial charge is 0.227 e. The fourth-order valence-electron chi connectivity index (χ4n) is 5.85. The summed E-state index contributed by atoms with van der Waals surface area (Å²) in [4.78, 5) is 25.2. The molecule has 37 heavy (non-hydrogen) atoms. The molecule has 2 atom stereocenters. The summed E-state index contributed by atoms with van der Waals surface area (Å²) < 4.78 is 39.9. The van der Waals surface area contributed by atoms with Crippen LogP contribution in [0.2, 0.25) is 0 Å². The number of hydrogen-bond donors (Lipinski definition) is 0. The third kappa shape index (κ3) is 6.37. The number of nitrogens with zero attached hydrogens (tertiary/aromatic N) is 4. The van der Waals surface area contributed by atoms with E-state index in [9.17, 15) is 13.6 Å². The summed E-state index contributed by atoms with van der Waals surface area (Å²) in [7, 11) is 1.66. The molecule has 7 nitrogen and oxygen atoms in total. The molecule has 1 aromatic carbocycles. The molecule has 1 aromatic heterocycles. The molecule has 1 saturated carbocycles. The fourth-order valence-corrected chi connectivity index (χ4v) is 5.85. The summed E-state index contributed by atoms with van der Waals surface area (Å²) in [5.41, 5.74) is 0.799. The lowest BCUT2D eigenvalue weighted by Crippen LogP contribution is -2.35. The van der Waals surface area contributed by atoms with E-state index in [1.165, 1.54) is 18.6 Å². The normalized spacial score (nSPS) is 21.9. The highest BCUT2D eigenvalue weighted by molar-refractivity contribution is 5.79. The predicted molar refractivity (Wildman–Crippen MR) is 135 cm³/mol. The van der Waals surface area contributed by atoms with Crippen LogP contribution in [0, 0.1) is 29.4 Å². The van der Waals surface area contributed by atoms with Crippen LogP contribution >= 0.6 is 0 Å².